The van der Waals surface area contributed by atoms with Gasteiger partial charge in [0.15, 0.2) is 5.11 Å². The molecular formula is C17H22N4O5S. The van der Waals surface area contributed by atoms with Crippen LogP contribution in [-0.2, 0) is 9.53 Å². The molecule has 9 nitrogen and oxygen atoms in total. The number of non-ortho nitro benzene ring substituents is 1. The molecule has 0 aromatic heterocycles. The van der Waals surface area contributed by atoms with E-state index in [9.17, 15) is 14.9 Å². The Morgan fingerprint density at radius 2 is 2.04 bits per heavy atom. The van der Waals surface area contributed by atoms with Crippen molar-refractivity contribution in [2.75, 3.05) is 45.2 Å². The van der Waals surface area contributed by atoms with E-state index in [0.717, 1.165) is 12.8 Å². The first-order chi connectivity index (χ1) is 13.0. The lowest BCUT2D eigenvalue weighted by Gasteiger charge is -2.37. The van der Waals surface area contributed by atoms with Crippen molar-refractivity contribution in [1.82, 2.24) is 9.80 Å². The fourth-order valence-electron chi connectivity index (χ4n) is 3.20. The molecule has 1 amide bonds. The van der Waals surface area contributed by atoms with E-state index in [1.165, 1.54) is 19.2 Å². The number of anilines is 1. The number of benzene rings is 1. The van der Waals surface area contributed by atoms with Crippen molar-refractivity contribution in [3.8, 4) is 5.75 Å². The Bertz CT molecular complexity index is 730. The van der Waals surface area contributed by atoms with Crippen molar-refractivity contribution in [2.24, 2.45) is 0 Å². The van der Waals surface area contributed by atoms with Gasteiger partial charge in [0.25, 0.3) is 11.6 Å². The van der Waals surface area contributed by atoms with Gasteiger partial charge in [-0.05, 0) is 31.1 Å². The van der Waals surface area contributed by atoms with Crippen molar-refractivity contribution in [3.63, 3.8) is 0 Å². The van der Waals surface area contributed by atoms with E-state index in [1.807, 2.05) is 9.80 Å². The van der Waals surface area contributed by atoms with Gasteiger partial charge >= 0.3 is 0 Å². The van der Waals surface area contributed by atoms with E-state index >= 15 is 0 Å². The summed E-state index contributed by atoms with van der Waals surface area (Å²) < 4.78 is 10.7. The van der Waals surface area contributed by atoms with Crippen molar-refractivity contribution in [3.05, 3.63) is 28.3 Å². The molecule has 1 N–H and O–H groups in total. The number of nitro groups is 1. The van der Waals surface area contributed by atoms with Crippen LogP contribution in [0.1, 0.15) is 12.8 Å². The number of nitro benzene ring substituents is 1. The normalized spacial score (nSPS) is 19.7. The third kappa shape index (κ3) is 4.45. The van der Waals surface area contributed by atoms with Crippen LogP contribution in [-0.4, -0.2) is 71.7 Å². The average molecular weight is 394 g/mol. The van der Waals surface area contributed by atoms with Crippen molar-refractivity contribution >= 4 is 34.6 Å². The average Bonchev–Trinajstić information content (AvgIpc) is 3.22. The van der Waals surface area contributed by atoms with Gasteiger partial charge in [-0.15, -0.1) is 0 Å². The first-order valence-corrected chi connectivity index (χ1v) is 9.19. The third-order valence-electron chi connectivity index (χ3n) is 4.72. The van der Waals surface area contributed by atoms with Crippen LogP contribution < -0.4 is 10.1 Å². The van der Waals surface area contributed by atoms with Gasteiger partial charge in [-0.3, -0.25) is 14.9 Å². The zero-order chi connectivity index (χ0) is 19.4. The van der Waals surface area contributed by atoms with Crippen molar-refractivity contribution < 1.29 is 19.2 Å². The minimum atomic E-state index is -0.477. The summed E-state index contributed by atoms with van der Waals surface area (Å²) in [6.45, 7) is 3.04. The maximum absolute atomic E-state index is 12.4. The molecule has 0 radical (unpaired) electrons. The number of rotatable bonds is 4. The fraction of sp³-hybridized carbons (Fsp3) is 0.529. The summed E-state index contributed by atoms with van der Waals surface area (Å²) in [7, 11) is 1.45. The van der Waals surface area contributed by atoms with E-state index in [0.29, 0.717) is 49.3 Å². The molecule has 0 bridgehead atoms. The van der Waals surface area contributed by atoms with Crippen LogP contribution >= 0.6 is 12.2 Å². The Balaban J connectivity index is 1.56. The van der Waals surface area contributed by atoms with Crippen LogP contribution in [0.25, 0.3) is 0 Å². The molecule has 3 rings (SSSR count). The summed E-state index contributed by atoms with van der Waals surface area (Å²) in [5.74, 6) is 0.404. The van der Waals surface area contributed by atoms with Gasteiger partial charge in [0, 0.05) is 38.9 Å². The lowest BCUT2D eigenvalue weighted by atomic mass is 10.2. The predicted molar refractivity (Wildman–Crippen MR) is 103 cm³/mol. The fourth-order valence-corrected chi connectivity index (χ4v) is 3.49. The highest BCUT2D eigenvalue weighted by atomic mass is 32.1. The summed E-state index contributed by atoms with van der Waals surface area (Å²) in [5.41, 5.74) is 0.510. The van der Waals surface area contributed by atoms with Crippen LogP contribution in [0, 0.1) is 10.1 Å². The first-order valence-electron chi connectivity index (χ1n) is 8.78. The molecule has 2 aliphatic rings. The number of hydrogen-bond acceptors (Lipinski definition) is 6. The molecule has 2 fully saturated rings. The van der Waals surface area contributed by atoms with Gasteiger partial charge in [0.1, 0.15) is 11.9 Å². The number of carbonyl (C=O) groups excluding carboxylic acids is 1. The molecule has 2 heterocycles. The second-order valence-electron chi connectivity index (χ2n) is 6.39. The molecule has 0 unspecified atom stereocenters. The maximum atomic E-state index is 12.4. The third-order valence-corrected chi connectivity index (χ3v) is 5.08. The van der Waals surface area contributed by atoms with Gasteiger partial charge in [0.05, 0.1) is 23.8 Å². The zero-order valence-corrected chi connectivity index (χ0v) is 15.9. The van der Waals surface area contributed by atoms with Crippen LogP contribution in [0.4, 0.5) is 11.4 Å². The molecule has 0 spiro atoms. The molecule has 27 heavy (non-hydrogen) atoms. The summed E-state index contributed by atoms with van der Waals surface area (Å²) in [4.78, 5) is 26.6. The molecule has 146 valence electrons. The minimum absolute atomic E-state index is 0.0513. The molecule has 1 aromatic rings. The second kappa shape index (κ2) is 8.49. The first kappa shape index (κ1) is 19.3. The highest BCUT2D eigenvalue weighted by Gasteiger charge is 2.30. The molecule has 0 aliphatic carbocycles. The quantitative estimate of drug-likeness (QED) is 0.468. The molecule has 2 saturated heterocycles. The summed E-state index contributed by atoms with van der Waals surface area (Å²) in [5, 5.41) is 14.5. The van der Waals surface area contributed by atoms with E-state index in [2.05, 4.69) is 5.32 Å². The highest BCUT2D eigenvalue weighted by Crippen LogP contribution is 2.29. The SMILES string of the molecule is COc1cc([N+](=O)[O-])ccc1NC(=S)N1CCN(C(=O)[C@@H]2CCCO2)CC1. The summed E-state index contributed by atoms with van der Waals surface area (Å²) >= 11 is 5.46. The second-order valence-corrected chi connectivity index (χ2v) is 6.77. The summed E-state index contributed by atoms with van der Waals surface area (Å²) in [6, 6.07) is 4.31. The van der Waals surface area contributed by atoms with E-state index in [1.54, 1.807) is 6.07 Å². The van der Waals surface area contributed by atoms with Gasteiger partial charge in [-0.2, -0.15) is 0 Å². The highest BCUT2D eigenvalue weighted by molar-refractivity contribution is 7.80. The van der Waals surface area contributed by atoms with Crippen LogP contribution in [0.5, 0.6) is 5.75 Å². The van der Waals surface area contributed by atoms with Crippen LogP contribution in [0.2, 0.25) is 0 Å². The van der Waals surface area contributed by atoms with Gasteiger partial charge < -0.3 is 24.6 Å². The van der Waals surface area contributed by atoms with E-state index < -0.39 is 4.92 Å². The number of amides is 1. The number of thiocarbonyl (C=S) groups is 1. The van der Waals surface area contributed by atoms with E-state index in [4.69, 9.17) is 21.7 Å². The Hall–Kier alpha value is -2.46. The standard InChI is InChI=1S/C17H22N4O5S/c1-25-15-11-12(21(23)24)4-5-13(15)18-17(27)20-8-6-19(7-9-20)16(22)14-3-2-10-26-14/h4-5,11,14H,2-3,6-10H2,1H3,(H,18,27)/t14-/m0/s1. The minimum Gasteiger partial charge on any atom is -0.494 e. The number of nitrogens with one attached hydrogen (secondary N) is 1. The number of methoxy groups -OCH3 is 1. The van der Waals surface area contributed by atoms with Gasteiger partial charge in [-0.1, -0.05) is 0 Å². The van der Waals surface area contributed by atoms with Gasteiger partial charge in [0.2, 0.25) is 0 Å². The monoisotopic (exact) mass is 394 g/mol. The predicted octanol–water partition coefficient (Wildman–Crippen LogP) is 1.62. The molecule has 10 heteroatoms. The molecule has 1 aromatic carbocycles. The van der Waals surface area contributed by atoms with E-state index in [-0.39, 0.29) is 17.7 Å². The Labute approximate surface area is 162 Å². The topological polar surface area (TPSA) is 97.2 Å². The lowest BCUT2D eigenvalue weighted by Crippen LogP contribution is -2.53. The van der Waals surface area contributed by atoms with Crippen LogP contribution in [0.15, 0.2) is 18.2 Å². The lowest BCUT2D eigenvalue weighted by molar-refractivity contribution is -0.384. The Morgan fingerprint density at radius 3 is 2.63 bits per heavy atom. The Kier molecular flexibility index (Phi) is 6.07. The Morgan fingerprint density at radius 1 is 1.33 bits per heavy atom. The largest absolute Gasteiger partial charge is 0.494 e. The van der Waals surface area contributed by atoms with Crippen molar-refractivity contribution in [2.45, 2.75) is 18.9 Å². The summed E-state index contributed by atoms with van der Waals surface area (Å²) in [6.07, 6.45) is 1.42. The number of ether oxygens (including phenoxy) is 2. The maximum Gasteiger partial charge on any atom is 0.273 e. The molecular weight excluding hydrogens is 372 g/mol. The van der Waals surface area contributed by atoms with Gasteiger partial charge in [-0.25, -0.2) is 0 Å². The molecule has 0 saturated carbocycles. The zero-order valence-electron chi connectivity index (χ0n) is 15.1. The van der Waals surface area contributed by atoms with Crippen LogP contribution in [0.3, 0.4) is 0 Å². The number of carbonyl (C=O) groups is 1. The molecule has 1 atom stereocenters. The molecule has 2 aliphatic heterocycles. The number of piperazine rings is 1. The van der Waals surface area contributed by atoms with Crippen molar-refractivity contribution in [1.29, 1.82) is 0 Å². The smallest absolute Gasteiger partial charge is 0.273 e. The number of hydrogen-bond donors (Lipinski definition) is 1. The number of nitrogens with zero attached hydrogens (tertiary/aromatic N) is 3.